The summed E-state index contributed by atoms with van der Waals surface area (Å²) in [5, 5.41) is 2.34. The molecule has 10 heteroatoms. The van der Waals surface area contributed by atoms with Crippen LogP contribution in [0.4, 0.5) is 0 Å². The molecule has 0 radical (unpaired) electrons. The summed E-state index contributed by atoms with van der Waals surface area (Å²) in [7, 11) is -8.54. The summed E-state index contributed by atoms with van der Waals surface area (Å²) in [4.78, 5) is -0.355. The van der Waals surface area contributed by atoms with Gasteiger partial charge in [0, 0.05) is 0 Å². The molecule has 314 valence electrons. The summed E-state index contributed by atoms with van der Waals surface area (Å²) in [6.07, 6.45) is 0. The molecule has 0 unspecified atom stereocenters. The topological polar surface area (TPSA) is 114 Å². The Morgan fingerprint density at radius 2 is 0.484 bits per heavy atom. The van der Waals surface area contributed by atoms with Crippen LogP contribution in [0.1, 0.15) is 11.1 Å². The van der Waals surface area contributed by atoms with Gasteiger partial charge in [-0.25, -0.2) is 16.8 Å². The quantitative estimate of drug-likeness (QED) is 0.101. The molecule has 0 aliphatic heterocycles. The molecule has 0 aliphatic carbocycles. The Kier molecular flexibility index (Phi) is 15.8. The molecule has 6 nitrogen and oxygen atoms in total. The van der Waals surface area contributed by atoms with Crippen molar-refractivity contribution in [1.82, 2.24) is 0 Å². The molecule has 0 saturated heterocycles. The Hall–Kier alpha value is -5.30. The summed E-state index contributed by atoms with van der Waals surface area (Å²) >= 11 is -5.78. The van der Waals surface area contributed by atoms with E-state index >= 15 is 0 Å². The van der Waals surface area contributed by atoms with E-state index in [4.69, 9.17) is 0 Å². The van der Waals surface area contributed by atoms with E-state index in [1.807, 2.05) is 13.8 Å². The zero-order valence-electron chi connectivity index (χ0n) is 34.5. The van der Waals surface area contributed by atoms with Crippen LogP contribution in [0.5, 0.6) is 0 Å². The van der Waals surface area contributed by atoms with Crippen LogP contribution < -0.4 is 26.1 Å². The average Bonchev–Trinajstić information content (AvgIpc) is 3.30. The molecule has 8 aromatic rings. The Bertz CT molecular complexity index is 2420. The van der Waals surface area contributed by atoms with Crippen LogP contribution in [0.25, 0.3) is 0 Å². The van der Waals surface area contributed by atoms with Gasteiger partial charge >= 0.3 is 246 Å². The van der Waals surface area contributed by atoms with Crippen molar-refractivity contribution in [1.29, 1.82) is 0 Å². The van der Waals surface area contributed by atoms with Crippen molar-refractivity contribution in [3.8, 4) is 0 Å². The van der Waals surface area contributed by atoms with Crippen molar-refractivity contribution in [3.05, 3.63) is 242 Å². The molecule has 0 bridgehead atoms. The maximum absolute atomic E-state index is 10.4. The van der Waals surface area contributed by atoms with Gasteiger partial charge in [-0.05, 0) is 38.1 Å². The fraction of sp³-hybridized carbons (Fsp3) is 0.0769. The molecule has 0 saturated carbocycles. The minimum atomic E-state index is -4.27. The van der Waals surface area contributed by atoms with Crippen LogP contribution in [0.15, 0.2) is 240 Å². The van der Waals surface area contributed by atoms with Crippen LogP contribution in [-0.4, -0.2) is 53.0 Å². The van der Waals surface area contributed by atoms with E-state index < -0.39 is 47.3 Å². The summed E-state index contributed by atoms with van der Waals surface area (Å²) in [6.45, 7) is 3.64. The van der Waals surface area contributed by atoms with E-state index in [0.717, 1.165) is 11.1 Å². The second-order valence-corrected chi connectivity index (χ2v) is 32.5. The van der Waals surface area contributed by atoms with E-state index in [1.165, 1.54) is 60.8 Å². The third-order valence-electron chi connectivity index (χ3n) is 10.6. The van der Waals surface area contributed by atoms with Gasteiger partial charge in [0.2, 0.25) is 0 Å². The number of hydrogen-bond acceptors (Lipinski definition) is 6. The fourth-order valence-corrected chi connectivity index (χ4v) is 31.8. The SMILES string of the molecule is Cc1ccc(S(=O)(=O)[O-])cc1.Cc1ccc(S(=O)(=O)[O-])cc1.c1ccc([As+](CC[As+](c2ccccc2)(c2ccccc2)c2ccccc2)(c2ccccc2)c2ccccc2)cc1. The van der Waals surface area contributed by atoms with Gasteiger partial charge < -0.3 is 9.11 Å². The fourth-order valence-electron chi connectivity index (χ4n) is 7.47. The minimum absolute atomic E-state index is 0.178. The molecule has 0 N–H and O–H groups in total. The number of benzene rings is 8. The predicted molar refractivity (Wildman–Crippen MR) is 256 cm³/mol. The van der Waals surface area contributed by atoms with Gasteiger partial charge in [0.25, 0.3) is 0 Å². The normalized spacial score (nSPS) is 11.6. The first-order valence-electron chi connectivity index (χ1n) is 20.0. The van der Waals surface area contributed by atoms with Gasteiger partial charge in [0.05, 0.1) is 9.79 Å². The van der Waals surface area contributed by atoms with E-state index in [9.17, 15) is 25.9 Å². The van der Waals surface area contributed by atoms with Gasteiger partial charge in [0.1, 0.15) is 20.2 Å². The molecular weight excluding hydrogens is 935 g/mol. The average molecular weight is 983 g/mol. The molecule has 8 aromatic carbocycles. The van der Waals surface area contributed by atoms with Gasteiger partial charge in [-0.2, -0.15) is 0 Å². The Balaban J connectivity index is 0.000000237. The van der Waals surface area contributed by atoms with Crippen molar-refractivity contribution >= 4 is 73.4 Å². The Morgan fingerprint density at radius 1 is 0.306 bits per heavy atom. The summed E-state index contributed by atoms with van der Waals surface area (Å²) in [5.74, 6) is 0. The van der Waals surface area contributed by atoms with Gasteiger partial charge in [0.15, 0.2) is 0 Å². The zero-order chi connectivity index (χ0) is 44.1. The van der Waals surface area contributed by atoms with Crippen LogP contribution in [0, 0.1) is 13.8 Å². The summed E-state index contributed by atoms with van der Waals surface area (Å²) in [6, 6.07) is 80.0. The molecule has 62 heavy (non-hydrogen) atoms. The van der Waals surface area contributed by atoms with E-state index in [1.54, 1.807) is 24.3 Å². The maximum atomic E-state index is 10.4. The molecule has 0 fully saturated rings. The molecule has 0 amide bonds. The first-order valence-corrected chi connectivity index (χ1v) is 31.1. The monoisotopic (exact) mass is 982 g/mol. The molecule has 0 spiro atoms. The second kappa shape index (κ2) is 21.2. The van der Waals surface area contributed by atoms with Crippen molar-refractivity contribution in [2.45, 2.75) is 34.1 Å². The summed E-state index contributed by atoms with van der Waals surface area (Å²) in [5.41, 5.74) is 1.86. The third-order valence-corrected chi connectivity index (χ3v) is 32.5. The van der Waals surface area contributed by atoms with Crippen molar-refractivity contribution in [2.24, 2.45) is 0 Å². The van der Waals surface area contributed by atoms with Crippen LogP contribution in [0.2, 0.25) is 10.4 Å². The molecule has 8 rings (SSSR count). The third kappa shape index (κ3) is 11.4. The van der Waals surface area contributed by atoms with Crippen LogP contribution in [-0.2, 0) is 20.2 Å². The van der Waals surface area contributed by atoms with Crippen LogP contribution >= 0.6 is 0 Å². The zero-order valence-corrected chi connectivity index (χ0v) is 39.9. The standard InChI is InChI=1S/C38H34As2.2C7H8O3S/c1-7-19-33(20-8-1)39(34-21-9-2-10-22-34,35-23-11-3-12-24-35)31-32-40(36-25-13-4-14-26-36,37-27-15-5-16-28-37)38-29-17-6-18-30-38;2*1-6-2-4-7(5-3-6)11(8,9)10/h1-30H,31-32H2;2*2-5H,1H3,(H,8,9,10)/q+2;;/p-2. The molecule has 0 aromatic heterocycles. The number of hydrogen-bond donors (Lipinski definition) is 0. The predicted octanol–water partition coefficient (Wildman–Crippen LogP) is 7.13. The molecular formula is C52H48As2O6S2. The van der Waals surface area contributed by atoms with Gasteiger partial charge in [-0.1, -0.05) is 35.4 Å². The van der Waals surface area contributed by atoms with Crippen molar-refractivity contribution < 1.29 is 25.9 Å². The van der Waals surface area contributed by atoms with E-state index in [-0.39, 0.29) is 9.79 Å². The molecule has 0 heterocycles. The Labute approximate surface area is 372 Å². The first kappa shape index (κ1) is 46.2. The second-order valence-electron chi connectivity index (χ2n) is 14.6. The van der Waals surface area contributed by atoms with Gasteiger partial charge in [-0.15, -0.1) is 0 Å². The van der Waals surface area contributed by atoms with Crippen LogP contribution in [0.3, 0.4) is 0 Å². The van der Waals surface area contributed by atoms with E-state index in [0.29, 0.717) is 0 Å². The summed E-state index contributed by atoms with van der Waals surface area (Å²) < 4.78 is 71.4. The van der Waals surface area contributed by atoms with Crippen molar-refractivity contribution in [2.75, 3.05) is 0 Å². The molecule has 0 atom stereocenters. The molecule has 0 aliphatic rings. The van der Waals surface area contributed by atoms with E-state index in [2.05, 4.69) is 182 Å². The number of rotatable bonds is 11. The van der Waals surface area contributed by atoms with Gasteiger partial charge in [-0.3, -0.25) is 0 Å². The van der Waals surface area contributed by atoms with Crippen molar-refractivity contribution in [3.63, 3.8) is 0 Å². The first-order chi connectivity index (χ1) is 29.8. The Morgan fingerprint density at radius 3 is 0.645 bits per heavy atom. The number of aryl methyl sites for hydroxylation is 2.